The lowest BCUT2D eigenvalue weighted by molar-refractivity contribution is 0.0697. The van der Waals surface area contributed by atoms with E-state index < -0.39 is 11.6 Å². The number of hydrogen-bond acceptors (Lipinski definition) is 5. The molecule has 1 atom stereocenters. The van der Waals surface area contributed by atoms with Crippen molar-refractivity contribution in [1.82, 2.24) is 10.4 Å². The van der Waals surface area contributed by atoms with Crippen LogP contribution in [0.2, 0.25) is 0 Å². The number of methoxy groups -OCH3 is 1. The molecule has 3 N–H and O–H groups in total. The molecule has 2 rings (SSSR count). The predicted octanol–water partition coefficient (Wildman–Crippen LogP) is 1.49. The Morgan fingerprint density at radius 1 is 1.53 bits per heavy atom. The van der Waals surface area contributed by atoms with Gasteiger partial charge in [-0.3, -0.25) is 0 Å². The number of carbonyl (C=O) groups is 1. The zero-order valence-corrected chi connectivity index (χ0v) is 11.1. The van der Waals surface area contributed by atoms with Crippen LogP contribution in [0.3, 0.4) is 0 Å². The highest BCUT2D eigenvalue weighted by Crippen LogP contribution is 2.26. The standard InChI is InChI=1S/C13H17N3O3/c1-13(6-7-16(2)15-13)14-11-5-4-9(19-3)8-10(11)12(17)18/h4-8,14-15H,1-3H3,(H,17,18). The maximum Gasteiger partial charge on any atom is 0.337 e. The van der Waals surface area contributed by atoms with Gasteiger partial charge in [-0.15, -0.1) is 0 Å². The highest BCUT2D eigenvalue weighted by Gasteiger charge is 2.27. The average Bonchev–Trinajstić information content (AvgIpc) is 2.69. The van der Waals surface area contributed by atoms with Gasteiger partial charge in [0.1, 0.15) is 11.4 Å². The van der Waals surface area contributed by atoms with Crippen molar-refractivity contribution in [2.75, 3.05) is 19.5 Å². The number of anilines is 1. The van der Waals surface area contributed by atoms with Crippen molar-refractivity contribution in [3.8, 4) is 5.75 Å². The van der Waals surface area contributed by atoms with Crippen LogP contribution in [0, 0.1) is 0 Å². The first-order chi connectivity index (χ1) is 8.93. The molecule has 102 valence electrons. The first kappa shape index (κ1) is 13.2. The van der Waals surface area contributed by atoms with Gasteiger partial charge in [0, 0.05) is 13.2 Å². The van der Waals surface area contributed by atoms with Crippen molar-refractivity contribution in [3.05, 3.63) is 36.0 Å². The molecule has 1 aliphatic heterocycles. The smallest absolute Gasteiger partial charge is 0.337 e. The number of benzene rings is 1. The minimum Gasteiger partial charge on any atom is -0.497 e. The minimum absolute atomic E-state index is 0.172. The fourth-order valence-electron chi connectivity index (χ4n) is 1.99. The minimum atomic E-state index is -1.000. The van der Waals surface area contributed by atoms with E-state index in [-0.39, 0.29) is 5.56 Å². The summed E-state index contributed by atoms with van der Waals surface area (Å²) in [6, 6.07) is 4.91. The topological polar surface area (TPSA) is 73.8 Å². The molecule has 1 heterocycles. The number of carboxylic acid groups (broad SMARTS) is 1. The lowest BCUT2D eigenvalue weighted by atomic mass is 10.1. The fourth-order valence-corrected chi connectivity index (χ4v) is 1.99. The van der Waals surface area contributed by atoms with Gasteiger partial charge in [0.25, 0.3) is 0 Å². The molecular weight excluding hydrogens is 246 g/mol. The van der Waals surface area contributed by atoms with Crippen molar-refractivity contribution in [1.29, 1.82) is 0 Å². The van der Waals surface area contributed by atoms with Crippen molar-refractivity contribution in [2.45, 2.75) is 12.6 Å². The summed E-state index contributed by atoms with van der Waals surface area (Å²) in [6.45, 7) is 1.92. The van der Waals surface area contributed by atoms with Gasteiger partial charge in [0.2, 0.25) is 0 Å². The molecule has 19 heavy (non-hydrogen) atoms. The molecule has 0 bridgehead atoms. The average molecular weight is 263 g/mol. The van der Waals surface area contributed by atoms with E-state index in [4.69, 9.17) is 4.74 Å². The Morgan fingerprint density at radius 3 is 2.79 bits per heavy atom. The number of nitrogens with zero attached hydrogens (tertiary/aromatic N) is 1. The Hall–Kier alpha value is -2.21. The molecular formula is C13H17N3O3. The summed E-state index contributed by atoms with van der Waals surface area (Å²) in [5.74, 6) is -0.486. The second-order valence-electron chi connectivity index (χ2n) is 4.58. The molecule has 0 saturated carbocycles. The number of rotatable bonds is 4. The molecule has 0 spiro atoms. The van der Waals surface area contributed by atoms with Gasteiger partial charge in [0.15, 0.2) is 0 Å². The Bertz CT molecular complexity index is 530. The predicted molar refractivity (Wildman–Crippen MR) is 72.0 cm³/mol. The molecule has 1 unspecified atom stereocenters. The summed E-state index contributed by atoms with van der Waals surface area (Å²) < 4.78 is 5.04. The van der Waals surface area contributed by atoms with E-state index in [0.717, 1.165) is 0 Å². The SMILES string of the molecule is COc1ccc(NC2(C)C=CN(C)N2)c(C(=O)O)c1. The van der Waals surface area contributed by atoms with Gasteiger partial charge in [-0.05, 0) is 31.2 Å². The highest BCUT2D eigenvalue weighted by molar-refractivity contribution is 5.95. The molecule has 0 fully saturated rings. The van der Waals surface area contributed by atoms with Crippen LogP contribution in [0.15, 0.2) is 30.5 Å². The summed E-state index contributed by atoms with van der Waals surface area (Å²) in [5.41, 5.74) is 3.34. The summed E-state index contributed by atoms with van der Waals surface area (Å²) in [4.78, 5) is 11.3. The van der Waals surface area contributed by atoms with E-state index >= 15 is 0 Å². The normalized spacial score (nSPS) is 21.5. The van der Waals surface area contributed by atoms with E-state index in [2.05, 4.69) is 10.7 Å². The third-order valence-corrected chi connectivity index (χ3v) is 2.89. The Balaban J connectivity index is 2.30. The van der Waals surface area contributed by atoms with Crippen LogP contribution < -0.4 is 15.5 Å². The Kier molecular flexibility index (Phi) is 3.35. The number of nitrogens with one attached hydrogen (secondary N) is 2. The lowest BCUT2D eigenvalue weighted by Gasteiger charge is -2.28. The largest absolute Gasteiger partial charge is 0.497 e. The van der Waals surface area contributed by atoms with Crippen LogP contribution in [0.1, 0.15) is 17.3 Å². The van der Waals surface area contributed by atoms with Crippen molar-refractivity contribution in [3.63, 3.8) is 0 Å². The van der Waals surface area contributed by atoms with Crippen LogP contribution in [-0.4, -0.2) is 35.9 Å². The summed E-state index contributed by atoms with van der Waals surface area (Å²) in [7, 11) is 3.38. The summed E-state index contributed by atoms with van der Waals surface area (Å²) >= 11 is 0. The maximum absolute atomic E-state index is 11.3. The Morgan fingerprint density at radius 2 is 2.26 bits per heavy atom. The second kappa shape index (κ2) is 4.81. The quantitative estimate of drug-likeness (QED) is 0.764. The van der Waals surface area contributed by atoms with E-state index in [9.17, 15) is 9.90 Å². The first-order valence-corrected chi connectivity index (χ1v) is 5.83. The van der Waals surface area contributed by atoms with Crippen LogP contribution in [0.4, 0.5) is 5.69 Å². The molecule has 0 aromatic heterocycles. The molecule has 1 aromatic rings. The van der Waals surface area contributed by atoms with Gasteiger partial charge in [-0.2, -0.15) is 0 Å². The maximum atomic E-state index is 11.3. The molecule has 6 heteroatoms. The van der Waals surface area contributed by atoms with Gasteiger partial charge >= 0.3 is 5.97 Å². The number of hydrazine groups is 1. The second-order valence-corrected chi connectivity index (χ2v) is 4.58. The third kappa shape index (κ3) is 2.79. The molecule has 0 radical (unpaired) electrons. The summed E-state index contributed by atoms with van der Waals surface area (Å²) in [6.07, 6.45) is 3.79. The van der Waals surface area contributed by atoms with Crippen LogP contribution >= 0.6 is 0 Å². The Labute approximate surface area is 111 Å². The lowest BCUT2D eigenvalue weighted by Crippen LogP contribution is -2.48. The molecule has 6 nitrogen and oxygen atoms in total. The highest BCUT2D eigenvalue weighted by atomic mass is 16.5. The van der Waals surface area contributed by atoms with Crippen LogP contribution in [0.5, 0.6) is 5.75 Å². The molecule has 0 amide bonds. The van der Waals surface area contributed by atoms with Crippen molar-refractivity contribution < 1.29 is 14.6 Å². The molecule has 0 aliphatic carbocycles. The first-order valence-electron chi connectivity index (χ1n) is 5.83. The zero-order valence-electron chi connectivity index (χ0n) is 11.1. The van der Waals surface area contributed by atoms with Gasteiger partial charge in [-0.25, -0.2) is 10.2 Å². The summed E-state index contributed by atoms with van der Waals surface area (Å²) in [5, 5.41) is 14.2. The third-order valence-electron chi connectivity index (χ3n) is 2.89. The fraction of sp³-hybridized carbons (Fsp3) is 0.308. The van der Waals surface area contributed by atoms with E-state index in [1.54, 1.807) is 17.1 Å². The number of carboxylic acids is 1. The van der Waals surface area contributed by atoms with Crippen molar-refractivity contribution >= 4 is 11.7 Å². The van der Waals surface area contributed by atoms with Gasteiger partial charge in [-0.1, -0.05) is 0 Å². The molecule has 1 aromatic carbocycles. The molecule has 0 saturated heterocycles. The van der Waals surface area contributed by atoms with Crippen molar-refractivity contribution in [2.24, 2.45) is 0 Å². The zero-order chi connectivity index (χ0) is 14.0. The van der Waals surface area contributed by atoms with Gasteiger partial charge in [0.05, 0.1) is 18.4 Å². The van der Waals surface area contributed by atoms with Gasteiger partial charge < -0.3 is 20.2 Å². The van der Waals surface area contributed by atoms with Crippen LogP contribution in [-0.2, 0) is 0 Å². The monoisotopic (exact) mass is 263 g/mol. The molecule has 1 aliphatic rings. The number of ether oxygens (including phenoxy) is 1. The van der Waals surface area contributed by atoms with E-state index in [1.807, 2.05) is 26.2 Å². The van der Waals surface area contributed by atoms with E-state index in [1.165, 1.54) is 13.2 Å². The van der Waals surface area contributed by atoms with E-state index in [0.29, 0.717) is 11.4 Å². The number of aromatic carboxylic acids is 1. The number of hydrogen-bond donors (Lipinski definition) is 3. The van der Waals surface area contributed by atoms with Crippen LogP contribution in [0.25, 0.3) is 0 Å².